The number of hydrogen-bond donors (Lipinski definition) is 2. The molecule has 0 aromatic carbocycles. The molecule has 2 fully saturated rings. The quantitative estimate of drug-likeness (QED) is 0.868. The molecule has 0 bridgehead atoms. The van der Waals surface area contributed by atoms with Crippen LogP contribution in [-0.4, -0.2) is 49.4 Å². The second kappa shape index (κ2) is 7.38. The lowest BCUT2D eigenvalue weighted by atomic mass is 9.80. The van der Waals surface area contributed by atoms with Crippen molar-refractivity contribution >= 4 is 11.8 Å². The minimum Gasteiger partial charge on any atom is -0.376 e. The number of piperidine rings is 1. The number of nitrogens with zero attached hydrogens (tertiary/aromatic N) is 2. The van der Waals surface area contributed by atoms with E-state index in [1.54, 1.807) is 7.11 Å². The molecule has 2 amide bonds. The molecule has 1 aliphatic heterocycles. The van der Waals surface area contributed by atoms with Gasteiger partial charge in [0, 0.05) is 39.0 Å². The lowest BCUT2D eigenvalue weighted by molar-refractivity contribution is -0.0674. The van der Waals surface area contributed by atoms with Crippen molar-refractivity contribution in [1.82, 2.24) is 15.6 Å². The highest BCUT2D eigenvalue weighted by atomic mass is 16.5. The van der Waals surface area contributed by atoms with Crippen LogP contribution < -0.4 is 15.5 Å². The average Bonchev–Trinajstić information content (AvgIpc) is 2.56. The normalized spacial score (nSPS) is 20.3. The highest BCUT2D eigenvalue weighted by Crippen LogP contribution is 2.34. The number of urea groups is 1. The molecule has 0 atom stereocenters. The molecule has 0 radical (unpaired) electrons. The first-order valence-electron chi connectivity index (χ1n) is 8.87. The Morgan fingerprint density at radius 1 is 1.38 bits per heavy atom. The summed E-state index contributed by atoms with van der Waals surface area (Å²) in [4.78, 5) is 18.9. The number of rotatable bonds is 5. The maximum Gasteiger partial charge on any atom is 0.315 e. The maximum atomic E-state index is 12.1. The van der Waals surface area contributed by atoms with Gasteiger partial charge in [0.2, 0.25) is 0 Å². The van der Waals surface area contributed by atoms with E-state index in [1.165, 1.54) is 12.0 Å². The SMILES string of the molecule is COC1(CNC(=O)NC2CCN(c3ccc(C)cn3)CC2)CCC1. The highest BCUT2D eigenvalue weighted by Gasteiger charge is 2.37. The standard InChI is InChI=1S/C18H28N4O2/c1-14-4-5-16(19-12-14)22-10-6-15(7-11-22)21-17(23)20-13-18(24-2)8-3-9-18/h4-5,12,15H,3,6-11,13H2,1-2H3,(H2,20,21,23). The minimum atomic E-state index is -0.127. The first-order valence-corrected chi connectivity index (χ1v) is 8.87. The molecule has 0 unspecified atom stereocenters. The Morgan fingerprint density at radius 3 is 2.67 bits per heavy atom. The van der Waals surface area contributed by atoms with Gasteiger partial charge in [0.25, 0.3) is 0 Å². The Balaban J connectivity index is 1.40. The van der Waals surface area contributed by atoms with Gasteiger partial charge in [-0.25, -0.2) is 9.78 Å². The van der Waals surface area contributed by atoms with Crippen LogP contribution in [0.25, 0.3) is 0 Å². The molecule has 1 aliphatic carbocycles. The zero-order valence-electron chi connectivity index (χ0n) is 14.7. The van der Waals surface area contributed by atoms with Crippen LogP contribution in [0, 0.1) is 6.92 Å². The van der Waals surface area contributed by atoms with Gasteiger partial charge in [-0.15, -0.1) is 0 Å². The van der Waals surface area contributed by atoms with Gasteiger partial charge >= 0.3 is 6.03 Å². The molecule has 132 valence electrons. The molecular formula is C18H28N4O2. The molecule has 24 heavy (non-hydrogen) atoms. The fourth-order valence-electron chi connectivity index (χ4n) is 3.40. The molecule has 2 N–H and O–H groups in total. The predicted molar refractivity (Wildman–Crippen MR) is 94.3 cm³/mol. The van der Waals surface area contributed by atoms with Crippen LogP contribution in [0.15, 0.2) is 18.3 Å². The number of carbonyl (C=O) groups is 1. The summed E-state index contributed by atoms with van der Waals surface area (Å²) < 4.78 is 5.53. The Morgan fingerprint density at radius 2 is 2.12 bits per heavy atom. The van der Waals surface area contributed by atoms with Crippen molar-refractivity contribution in [2.24, 2.45) is 0 Å². The van der Waals surface area contributed by atoms with E-state index >= 15 is 0 Å². The predicted octanol–water partition coefficient (Wildman–Crippen LogP) is 2.23. The number of nitrogens with one attached hydrogen (secondary N) is 2. The number of anilines is 1. The molecule has 2 aliphatic rings. The second-order valence-corrected chi connectivity index (χ2v) is 7.02. The van der Waals surface area contributed by atoms with Crippen molar-refractivity contribution in [3.05, 3.63) is 23.9 Å². The summed E-state index contributed by atoms with van der Waals surface area (Å²) in [5.74, 6) is 1.02. The van der Waals surface area contributed by atoms with E-state index < -0.39 is 0 Å². The van der Waals surface area contributed by atoms with Crippen LogP contribution >= 0.6 is 0 Å². The molecule has 1 aromatic heterocycles. The Hall–Kier alpha value is -1.82. The largest absolute Gasteiger partial charge is 0.376 e. The third-order valence-corrected chi connectivity index (χ3v) is 5.32. The number of ether oxygens (including phenoxy) is 1. The summed E-state index contributed by atoms with van der Waals surface area (Å²) in [6, 6.07) is 4.31. The first-order chi connectivity index (χ1) is 11.6. The van der Waals surface area contributed by atoms with E-state index in [4.69, 9.17) is 4.74 Å². The molecule has 1 saturated heterocycles. The van der Waals surface area contributed by atoms with Gasteiger partial charge in [0.05, 0.1) is 5.60 Å². The number of methoxy groups -OCH3 is 1. The number of hydrogen-bond acceptors (Lipinski definition) is 4. The number of aryl methyl sites for hydroxylation is 1. The Bertz CT molecular complexity index is 543. The summed E-state index contributed by atoms with van der Waals surface area (Å²) in [6.07, 6.45) is 7.04. The molecule has 1 aromatic rings. The van der Waals surface area contributed by atoms with Gasteiger partial charge < -0.3 is 20.3 Å². The zero-order valence-corrected chi connectivity index (χ0v) is 14.7. The average molecular weight is 332 g/mol. The maximum absolute atomic E-state index is 12.1. The van der Waals surface area contributed by atoms with E-state index in [1.807, 2.05) is 13.1 Å². The highest BCUT2D eigenvalue weighted by molar-refractivity contribution is 5.74. The summed E-state index contributed by atoms with van der Waals surface area (Å²) in [5, 5.41) is 6.06. The van der Waals surface area contributed by atoms with E-state index in [2.05, 4.69) is 32.7 Å². The van der Waals surface area contributed by atoms with Gasteiger partial charge in [0.15, 0.2) is 0 Å². The van der Waals surface area contributed by atoms with Crippen molar-refractivity contribution in [3.8, 4) is 0 Å². The molecule has 2 heterocycles. The smallest absolute Gasteiger partial charge is 0.315 e. The second-order valence-electron chi connectivity index (χ2n) is 7.02. The number of aromatic nitrogens is 1. The van der Waals surface area contributed by atoms with Crippen molar-refractivity contribution in [1.29, 1.82) is 0 Å². The Labute approximate surface area is 144 Å². The van der Waals surface area contributed by atoms with E-state index in [0.29, 0.717) is 6.54 Å². The van der Waals surface area contributed by atoms with Crippen molar-refractivity contribution in [2.75, 3.05) is 31.6 Å². The fraction of sp³-hybridized carbons (Fsp3) is 0.667. The van der Waals surface area contributed by atoms with Gasteiger partial charge in [0.1, 0.15) is 5.82 Å². The van der Waals surface area contributed by atoms with Gasteiger partial charge in [-0.2, -0.15) is 0 Å². The topological polar surface area (TPSA) is 66.5 Å². The van der Waals surface area contributed by atoms with Crippen molar-refractivity contribution < 1.29 is 9.53 Å². The monoisotopic (exact) mass is 332 g/mol. The van der Waals surface area contributed by atoms with E-state index in [-0.39, 0.29) is 17.7 Å². The first kappa shape index (κ1) is 17.0. The lowest BCUT2D eigenvalue weighted by Gasteiger charge is -2.40. The fourth-order valence-corrected chi connectivity index (χ4v) is 3.40. The zero-order chi connectivity index (χ0) is 17.0. The molecule has 3 rings (SSSR count). The minimum absolute atomic E-state index is 0.0785. The van der Waals surface area contributed by atoms with Crippen LogP contribution in [0.5, 0.6) is 0 Å². The van der Waals surface area contributed by atoms with Crippen LogP contribution in [0.2, 0.25) is 0 Å². The molecule has 0 spiro atoms. The number of carbonyl (C=O) groups excluding carboxylic acids is 1. The van der Waals surface area contributed by atoms with E-state index in [0.717, 1.165) is 44.6 Å². The van der Waals surface area contributed by atoms with E-state index in [9.17, 15) is 4.79 Å². The van der Waals surface area contributed by atoms with Crippen LogP contribution in [-0.2, 0) is 4.74 Å². The van der Waals surface area contributed by atoms with Crippen LogP contribution in [0.4, 0.5) is 10.6 Å². The third kappa shape index (κ3) is 3.98. The van der Waals surface area contributed by atoms with Crippen molar-refractivity contribution in [3.63, 3.8) is 0 Å². The molecule has 6 nitrogen and oxygen atoms in total. The van der Waals surface area contributed by atoms with Crippen LogP contribution in [0.3, 0.4) is 0 Å². The van der Waals surface area contributed by atoms with Gasteiger partial charge in [-0.05, 0) is 50.7 Å². The molecular weight excluding hydrogens is 304 g/mol. The summed E-state index contributed by atoms with van der Waals surface area (Å²) >= 11 is 0. The summed E-state index contributed by atoms with van der Waals surface area (Å²) in [5.41, 5.74) is 1.05. The summed E-state index contributed by atoms with van der Waals surface area (Å²) in [6.45, 7) is 4.48. The number of amides is 2. The Kier molecular flexibility index (Phi) is 5.23. The molecule has 6 heteroatoms. The van der Waals surface area contributed by atoms with Gasteiger partial charge in [-0.3, -0.25) is 0 Å². The van der Waals surface area contributed by atoms with Crippen LogP contribution in [0.1, 0.15) is 37.7 Å². The van der Waals surface area contributed by atoms with Crippen molar-refractivity contribution in [2.45, 2.75) is 50.7 Å². The van der Waals surface area contributed by atoms with Gasteiger partial charge in [-0.1, -0.05) is 6.07 Å². The molecule has 1 saturated carbocycles. The summed E-state index contributed by atoms with van der Waals surface area (Å²) in [7, 11) is 1.73. The lowest BCUT2D eigenvalue weighted by Crippen LogP contribution is -2.53. The number of pyridine rings is 1. The third-order valence-electron chi connectivity index (χ3n) is 5.32.